The van der Waals surface area contributed by atoms with E-state index in [9.17, 15) is 0 Å². The molecule has 0 aromatic heterocycles. The Kier molecular flexibility index (Phi) is 8.71. The summed E-state index contributed by atoms with van der Waals surface area (Å²) in [5, 5.41) is 2.48. The Morgan fingerprint density at radius 2 is 0.875 bits per heavy atom. The Balaban J connectivity index is 1.08. The molecule has 304 valence electrons. The highest BCUT2D eigenvalue weighted by Gasteiger charge is 2.41. The maximum Gasteiger partial charge on any atom is 0.0540 e. The minimum Gasteiger partial charge on any atom is -0.309 e. The molecule has 2 aliphatic rings. The predicted molar refractivity (Wildman–Crippen MR) is 270 cm³/mol. The maximum absolute atomic E-state index is 2.51. The smallest absolute Gasteiger partial charge is 0.0540 e. The van der Waals surface area contributed by atoms with Gasteiger partial charge in [-0.1, -0.05) is 208 Å². The Labute approximate surface area is 376 Å². The fourth-order valence-electron chi connectivity index (χ4n) is 11.1. The zero-order valence-corrected chi connectivity index (χ0v) is 36.4. The van der Waals surface area contributed by atoms with Gasteiger partial charge in [0.1, 0.15) is 0 Å². The van der Waals surface area contributed by atoms with Crippen molar-refractivity contribution in [3.8, 4) is 55.6 Å². The van der Waals surface area contributed by atoms with Crippen LogP contribution >= 0.6 is 0 Å². The van der Waals surface area contributed by atoms with E-state index < -0.39 is 0 Å². The van der Waals surface area contributed by atoms with E-state index in [0.717, 1.165) is 17.1 Å². The topological polar surface area (TPSA) is 3.24 Å². The number of benzene rings is 10. The lowest BCUT2D eigenvalue weighted by atomic mass is 9.74. The molecule has 0 bridgehead atoms. The molecule has 12 rings (SSSR count). The molecular formula is C63H47N. The van der Waals surface area contributed by atoms with E-state index in [0.29, 0.717) is 0 Å². The van der Waals surface area contributed by atoms with Crippen LogP contribution < -0.4 is 4.90 Å². The van der Waals surface area contributed by atoms with Crippen LogP contribution in [0.1, 0.15) is 48.6 Å². The van der Waals surface area contributed by atoms with E-state index in [4.69, 9.17) is 0 Å². The minimum absolute atomic E-state index is 0.111. The fourth-order valence-corrected chi connectivity index (χ4v) is 11.1. The van der Waals surface area contributed by atoms with Crippen LogP contribution in [-0.4, -0.2) is 0 Å². The summed E-state index contributed by atoms with van der Waals surface area (Å²) in [5.41, 5.74) is 22.1. The molecule has 2 aliphatic carbocycles. The largest absolute Gasteiger partial charge is 0.309 e. The first-order valence-corrected chi connectivity index (χ1v) is 22.5. The lowest BCUT2D eigenvalue weighted by Crippen LogP contribution is -2.22. The summed E-state index contributed by atoms with van der Waals surface area (Å²) in [4.78, 5) is 2.51. The van der Waals surface area contributed by atoms with Crippen molar-refractivity contribution in [2.24, 2.45) is 0 Å². The highest BCUT2D eigenvalue weighted by Crippen LogP contribution is 2.56. The van der Waals surface area contributed by atoms with Crippen molar-refractivity contribution in [1.82, 2.24) is 0 Å². The molecule has 0 saturated heterocycles. The normalized spacial score (nSPS) is 15.3. The van der Waals surface area contributed by atoms with Crippen molar-refractivity contribution in [2.45, 2.75) is 31.6 Å². The van der Waals surface area contributed by atoms with E-state index >= 15 is 0 Å². The van der Waals surface area contributed by atoms with Crippen molar-refractivity contribution < 1.29 is 0 Å². The summed E-state index contributed by atoms with van der Waals surface area (Å²) >= 11 is 0. The summed E-state index contributed by atoms with van der Waals surface area (Å²) in [5.74, 6) is 0. The van der Waals surface area contributed by atoms with Crippen molar-refractivity contribution in [3.63, 3.8) is 0 Å². The lowest BCUT2D eigenvalue weighted by molar-refractivity contribution is 0.660. The second-order valence-corrected chi connectivity index (χ2v) is 18.2. The van der Waals surface area contributed by atoms with Crippen molar-refractivity contribution in [2.75, 3.05) is 4.90 Å². The molecule has 0 saturated carbocycles. The van der Waals surface area contributed by atoms with Crippen LogP contribution in [0.4, 0.5) is 17.1 Å². The van der Waals surface area contributed by atoms with Crippen LogP contribution in [0.3, 0.4) is 0 Å². The second-order valence-electron chi connectivity index (χ2n) is 18.2. The second kappa shape index (κ2) is 14.7. The number of hydrogen-bond acceptors (Lipinski definition) is 1. The first-order valence-electron chi connectivity index (χ1n) is 22.5. The van der Waals surface area contributed by atoms with Gasteiger partial charge in [0.05, 0.1) is 11.4 Å². The van der Waals surface area contributed by atoms with Gasteiger partial charge in [0.25, 0.3) is 0 Å². The highest BCUT2D eigenvalue weighted by atomic mass is 15.1. The molecule has 0 heterocycles. The first-order chi connectivity index (χ1) is 31.4. The maximum atomic E-state index is 2.51. The summed E-state index contributed by atoms with van der Waals surface area (Å²) in [7, 11) is 0. The number of anilines is 3. The van der Waals surface area contributed by atoms with Gasteiger partial charge in [0, 0.05) is 27.6 Å². The fraction of sp³-hybridized carbons (Fsp3) is 0.0794. The molecule has 10 aromatic carbocycles. The van der Waals surface area contributed by atoms with Crippen LogP contribution in [0.5, 0.6) is 0 Å². The third-order valence-corrected chi connectivity index (χ3v) is 14.4. The molecule has 64 heavy (non-hydrogen) atoms. The first kappa shape index (κ1) is 38.0. The standard InChI is InChI=1S/C63H47N/c1-62(2)55-30-13-10-28-53(55)61-52(29-18-32-58(61)62)51-27-12-16-34-60(51)64(48-24-17-21-44(40-48)45-36-35-42-19-7-8-20-43(42)39-45)59-33-15-11-25-49(59)46-37-38-57-54(41-46)50-26-9-14-31-56(50)63(57,3)47-22-5-4-6-23-47/h4-41H,1-3H3. The van der Waals surface area contributed by atoms with Gasteiger partial charge in [0.2, 0.25) is 0 Å². The van der Waals surface area contributed by atoms with Crippen molar-refractivity contribution in [3.05, 3.63) is 258 Å². The van der Waals surface area contributed by atoms with Gasteiger partial charge in [-0.05, 0) is 126 Å². The van der Waals surface area contributed by atoms with Crippen LogP contribution in [0.15, 0.2) is 231 Å². The van der Waals surface area contributed by atoms with Crippen LogP contribution in [0, 0.1) is 0 Å². The minimum atomic E-state index is -0.261. The molecule has 0 amide bonds. The third kappa shape index (κ3) is 5.77. The van der Waals surface area contributed by atoms with E-state index in [-0.39, 0.29) is 10.8 Å². The zero-order chi connectivity index (χ0) is 43.0. The Morgan fingerprint density at radius 3 is 1.69 bits per heavy atom. The number of nitrogens with zero attached hydrogens (tertiary/aromatic N) is 1. The van der Waals surface area contributed by atoms with Gasteiger partial charge in [-0.15, -0.1) is 0 Å². The summed E-state index contributed by atoms with van der Waals surface area (Å²) < 4.78 is 0. The van der Waals surface area contributed by atoms with Crippen LogP contribution in [0.2, 0.25) is 0 Å². The molecule has 0 aliphatic heterocycles. The van der Waals surface area contributed by atoms with Gasteiger partial charge < -0.3 is 4.90 Å². The molecule has 0 radical (unpaired) electrons. The Hall–Kier alpha value is -7.74. The monoisotopic (exact) mass is 817 g/mol. The summed E-state index contributed by atoms with van der Waals surface area (Å²) in [6, 6.07) is 85.6. The van der Waals surface area contributed by atoms with E-state index in [2.05, 4.69) is 256 Å². The van der Waals surface area contributed by atoms with Crippen LogP contribution in [0.25, 0.3) is 66.4 Å². The molecule has 1 nitrogen and oxygen atoms in total. The Bertz CT molecular complexity index is 3450. The highest BCUT2D eigenvalue weighted by molar-refractivity contribution is 6.00. The summed E-state index contributed by atoms with van der Waals surface area (Å²) in [6.45, 7) is 7.12. The summed E-state index contributed by atoms with van der Waals surface area (Å²) in [6.07, 6.45) is 0. The molecule has 0 fully saturated rings. The lowest BCUT2D eigenvalue weighted by Gasteiger charge is -2.31. The molecule has 1 heteroatoms. The van der Waals surface area contributed by atoms with Gasteiger partial charge >= 0.3 is 0 Å². The quantitative estimate of drug-likeness (QED) is 0.155. The van der Waals surface area contributed by atoms with Crippen molar-refractivity contribution in [1.29, 1.82) is 0 Å². The average Bonchev–Trinajstić information content (AvgIpc) is 3.76. The van der Waals surface area contributed by atoms with Gasteiger partial charge in [-0.2, -0.15) is 0 Å². The number of fused-ring (bicyclic) bond motifs is 7. The number of para-hydroxylation sites is 2. The molecule has 0 spiro atoms. The molecule has 0 N–H and O–H groups in total. The number of rotatable bonds is 7. The molecule has 10 aromatic rings. The zero-order valence-electron chi connectivity index (χ0n) is 36.4. The molecule has 1 unspecified atom stereocenters. The third-order valence-electron chi connectivity index (χ3n) is 14.4. The van der Waals surface area contributed by atoms with E-state index in [1.165, 1.54) is 94.2 Å². The SMILES string of the molecule is CC1(C)c2ccccc2-c2c(-c3ccccc3N(c3cccc(-c4ccc5ccccc5c4)c3)c3ccccc3-c3ccc4c(c3)-c3ccccc3C4(C)c3ccccc3)cccc21. The van der Waals surface area contributed by atoms with Gasteiger partial charge in [0.15, 0.2) is 0 Å². The molecule has 1 atom stereocenters. The average molecular weight is 818 g/mol. The van der Waals surface area contributed by atoms with E-state index in [1.807, 2.05) is 0 Å². The van der Waals surface area contributed by atoms with Crippen LogP contribution in [-0.2, 0) is 10.8 Å². The predicted octanol–water partition coefficient (Wildman–Crippen LogP) is 17.0. The van der Waals surface area contributed by atoms with Gasteiger partial charge in [-0.25, -0.2) is 0 Å². The van der Waals surface area contributed by atoms with E-state index in [1.54, 1.807) is 0 Å². The molecular weight excluding hydrogens is 771 g/mol. The van der Waals surface area contributed by atoms with Crippen molar-refractivity contribution >= 4 is 27.8 Å². The number of hydrogen-bond donors (Lipinski definition) is 0. The Morgan fingerprint density at radius 1 is 0.312 bits per heavy atom. The van der Waals surface area contributed by atoms with Gasteiger partial charge in [-0.3, -0.25) is 0 Å².